The van der Waals surface area contributed by atoms with Crippen LogP contribution in [0.15, 0.2) is 16.9 Å². The fourth-order valence-electron chi connectivity index (χ4n) is 1.85. The summed E-state index contributed by atoms with van der Waals surface area (Å²) in [5, 5.41) is 4.42. The summed E-state index contributed by atoms with van der Waals surface area (Å²) in [6.07, 6.45) is 7.98. The van der Waals surface area contributed by atoms with Crippen molar-refractivity contribution in [2.24, 2.45) is 0 Å². The topological polar surface area (TPSA) is 34.9 Å². The first kappa shape index (κ1) is 13.9. The van der Waals surface area contributed by atoms with Gasteiger partial charge in [0.15, 0.2) is 0 Å². The number of nitrogens with zero attached hydrogens (tertiary/aromatic N) is 2. The number of unbranched alkanes of at least 4 members (excludes halogenated alkanes) is 4. The molecule has 1 aromatic heterocycles. The summed E-state index contributed by atoms with van der Waals surface area (Å²) in [5.41, 5.74) is 1.08. The Hall–Kier alpha value is -1.12. The van der Waals surface area contributed by atoms with Gasteiger partial charge < -0.3 is 0 Å². The summed E-state index contributed by atoms with van der Waals surface area (Å²) >= 11 is 0. The lowest BCUT2D eigenvalue weighted by atomic mass is 10.1. The van der Waals surface area contributed by atoms with Gasteiger partial charge in [-0.15, -0.1) is 0 Å². The van der Waals surface area contributed by atoms with Crippen molar-refractivity contribution in [1.29, 1.82) is 0 Å². The van der Waals surface area contributed by atoms with Gasteiger partial charge in [-0.25, -0.2) is 4.68 Å². The molecule has 3 nitrogen and oxygen atoms in total. The van der Waals surface area contributed by atoms with Crippen LogP contribution in [0.1, 0.15) is 58.1 Å². The normalized spacial score (nSPS) is 10.7. The Bertz CT molecular complexity index is 371. The van der Waals surface area contributed by atoms with E-state index >= 15 is 0 Å². The Morgan fingerprint density at radius 3 is 2.47 bits per heavy atom. The van der Waals surface area contributed by atoms with E-state index in [9.17, 15) is 4.79 Å². The summed E-state index contributed by atoms with van der Waals surface area (Å²) in [4.78, 5) is 11.6. The smallest absolute Gasteiger partial charge is 0.266 e. The SMILES string of the molecule is CCCCCc1ccc(=O)n(CCCCC)n1. The monoisotopic (exact) mass is 236 g/mol. The van der Waals surface area contributed by atoms with Crippen molar-refractivity contribution in [2.45, 2.75) is 65.3 Å². The lowest BCUT2D eigenvalue weighted by Gasteiger charge is -2.06. The van der Waals surface area contributed by atoms with Crippen molar-refractivity contribution >= 4 is 0 Å². The minimum atomic E-state index is 0.0281. The molecule has 0 aliphatic rings. The molecule has 0 unspecified atom stereocenters. The first-order valence-corrected chi connectivity index (χ1v) is 6.85. The number of rotatable bonds is 8. The van der Waals surface area contributed by atoms with E-state index in [0.29, 0.717) is 0 Å². The molecule has 1 aromatic rings. The number of aromatic nitrogens is 2. The number of hydrogen-bond acceptors (Lipinski definition) is 2. The van der Waals surface area contributed by atoms with Crippen LogP contribution in [0.25, 0.3) is 0 Å². The molecule has 0 fully saturated rings. The zero-order valence-corrected chi connectivity index (χ0v) is 11.1. The Labute approximate surface area is 104 Å². The minimum Gasteiger partial charge on any atom is -0.268 e. The van der Waals surface area contributed by atoms with E-state index in [0.717, 1.165) is 37.9 Å². The summed E-state index contributed by atoms with van der Waals surface area (Å²) in [6, 6.07) is 3.52. The fraction of sp³-hybridized carbons (Fsp3) is 0.714. The highest BCUT2D eigenvalue weighted by atomic mass is 16.1. The molecule has 0 spiro atoms. The van der Waals surface area contributed by atoms with Gasteiger partial charge in [-0.1, -0.05) is 39.5 Å². The van der Waals surface area contributed by atoms with E-state index in [1.54, 1.807) is 10.7 Å². The molecule has 0 saturated carbocycles. The Morgan fingerprint density at radius 1 is 1.06 bits per heavy atom. The summed E-state index contributed by atoms with van der Waals surface area (Å²) < 4.78 is 1.62. The lowest BCUT2D eigenvalue weighted by Crippen LogP contribution is -2.23. The molecule has 0 amide bonds. The maximum absolute atomic E-state index is 11.6. The molecule has 0 aromatic carbocycles. The van der Waals surface area contributed by atoms with E-state index in [4.69, 9.17) is 0 Å². The first-order chi connectivity index (χ1) is 8.27. The van der Waals surface area contributed by atoms with E-state index in [-0.39, 0.29) is 5.56 Å². The van der Waals surface area contributed by atoms with Crippen LogP contribution in [-0.4, -0.2) is 9.78 Å². The second-order valence-corrected chi connectivity index (χ2v) is 4.55. The molecule has 96 valence electrons. The van der Waals surface area contributed by atoms with Crippen molar-refractivity contribution in [2.75, 3.05) is 0 Å². The average molecular weight is 236 g/mol. The van der Waals surface area contributed by atoms with Crippen molar-refractivity contribution in [3.8, 4) is 0 Å². The van der Waals surface area contributed by atoms with E-state index in [1.807, 2.05) is 6.07 Å². The molecule has 0 saturated heterocycles. The van der Waals surface area contributed by atoms with Crippen LogP contribution in [0.5, 0.6) is 0 Å². The highest BCUT2D eigenvalue weighted by molar-refractivity contribution is 5.00. The Morgan fingerprint density at radius 2 is 1.76 bits per heavy atom. The predicted molar refractivity (Wildman–Crippen MR) is 71.3 cm³/mol. The number of aryl methyl sites for hydroxylation is 2. The molecule has 17 heavy (non-hydrogen) atoms. The summed E-state index contributed by atoms with van der Waals surface area (Å²) in [5.74, 6) is 0. The van der Waals surface area contributed by atoms with E-state index in [2.05, 4.69) is 18.9 Å². The third-order valence-corrected chi connectivity index (χ3v) is 2.93. The maximum Gasteiger partial charge on any atom is 0.266 e. The minimum absolute atomic E-state index is 0.0281. The standard InChI is InChI=1S/C14H24N2O/c1-3-5-7-9-13-10-11-14(17)16(15-13)12-8-6-4-2/h10-11H,3-9,12H2,1-2H3. The zero-order chi connectivity index (χ0) is 12.5. The zero-order valence-electron chi connectivity index (χ0n) is 11.1. The molecule has 0 N–H and O–H groups in total. The average Bonchev–Trinajstić information content (AvgIpc) is 2.33. The van der Waals surface area contributed by atoms with Crippen LogP contribution >= 0.6 is 0 Å². The van der Waals surface area contributed by atoms with Crippen molar-refractivity contribution in [3.05, 3.63) is 28.2 Å². The molecule has 0 aliphatic carbocycles. The largest absolute Gasteiger partial charge is 0.268 e. The van der Waals surface area contributed by atoms with Crippen LogP contribution in [0.2, 0.25) is 0 Å². The molecular weight excluding hydrogens is 212 g/mol. The molecule has 1 heterocycles. The molecule has 3 heteroatoms. The first-order valence-electron chi connectivity index (χ1n) is 6.85. The lowest BCUT2D eigenvalue weighted by molar-refractivity contribution is 0.516. The van der Waals surface area contributed by atoms with Gasteiger partial charge in [0, 0.05) is 12.6 Å². The van der Waals surface area contributed by atoms with Crippen LogP contribution in [0, 0.1) is 0 Å². The quantitative estimate of drug-likeness (QED) is 0.650. The van der Waals surface area contributed by atoms with Gasteiger partial charge in [-0.2, -0.15) is 5.10 Å². The van der Waals surface area contributed by atoms with Crippen LogP contribution in [0.3, 0.4) is 0 Å². The third kappa shape index (κ3) is 5.16. The third-order valence-electron chi connectivity index (χ3n) is 2.93. The van der Waals surface area contributed by atoms with Crippen molar-refractivity contribution in [1.82, 2.24) is 9.78 Å². The van der Waals surface area contributed by atoms with Gasteiger partial charge in [0.25, 0.3) is 5.56 Å². The van der Waals surface area contributed by atoms with Crippen LogP contribution < -0.4 is 5.56 Å². The molecule has 1 rings (SSSR count). The molecule has 0 radical (unpaired) electrons. The van der Waals surface area contributed by atoms with Gasteiger partial charge in [0.05, 0.1) is 5.69 Å². The summed E-state index contributed by atoms with van der Waals surface area (Å²) in [7, 11) is 0. The second-order valence-electron chi connectivity index (χ2n) is 4.55. The van der Waals surface area contributed by atoms with Gasteiger partial charge in [0.2, 0.25) is 0 Å². The highest BCUT2D eigenvalue weighted by Crippen LogP contribution is 2.02. The maximum atomic E-state index is 11.6. The molecule has 0 atom stereocenters. The van der Waals surface area contributed by atoms with Crippen molar-refractivity contribution < 1.29 is 0 Å². The van der Waals surface area contributed by atoms with Gasteiger partial charge >= 0.3 is 0 Å². The highest BCUT2D eigenvalue weighted by Gasteiger charge is 2.00. The van der Waals surface area contributed by atoms with Gasteiger partial charge in [0.1, 0.15) is 0 Å². The van der Waals surface area contributed by atoms with Crippen LogP contribution in [0.4, 0.5) is 0 Å². The number of hydrogen-bond donors (Lipinski definition) is 0. The van der Waals surface area contributed by atoms with E-state index < -0.39 is 0 Å². The predicted octanol–water partition coefficient (Wildman–Crippen LogP) is 3.17. The molecular formula is C14H24N2O. The van der Waals surface area contributed by atoms with Gasteiger partial charge in [-0.05, 0) is 25.3 Å². The molecule has 0 aliphatic heterocycles. The van der Waals surface area contributed by atoms with Crippen LogP contribution in [-0.2, 0) is 13.0 Å². The fourth-order valence-corrected chi connectivity index (χ4v) is 1.85. The van der Waals surface area contributed by atoms with E-state index in [1.165, 1.54) is 19.3 Å². The Kier molecular flexibility index (Phi) is 6.60. The van der Waals surface area contributed by atoms with Crippen molar-refractivity contribution in [3.63, 3.8) is 0 Å². The second kappa shape index (κ2) is 8.04. The Balaban J connectivity index is 2.56. The van der Waals surface area contributed by atoms with Gasteiger partial charge in [-0.3, -0.25) is 4.79 Å². The summed E-state index contributed by atoms with van der Waals surface area (Å²) in [6.45, 7) is 5.12. The molecule has 0 bridgehead atoms.